The van der Waals surface area contributed by atoms with Crippen molar-refractivity contribution in [2.75, 3.05) is 12.1 Å². The number of primary amides is 1. The minimum Gasteiger partial charge on any atom is -0.454 e. The SMILES string of the molecule is NC(=O)C[C@H]1N[C@]2(C(=O)Nc3ccc(Cl)cc32)[C@@H]2C(=O)N(Cc3ccc4c(c3)OCO4)C(=O)[C@@H]21. The van der Waals surface area contributed by atoms with E-state index in [0.29, 0.717) is 33.3 Å². The summed E-state index contributed by atoms with van der Waals surface area (Å²) < 4.78 is 10.7. The lowest BCUT2D eigenvalue weighted by Crippen LogP contribution is -2.53. The van der Waals surface area contributed by atoms with Crippen molar-refractivity contribution >= 4 is 40.9 Å². The molecule has 4 amide bonds. The summed E-state index contributed by atoms with van der Waals surface area (Å²) in [7, 11) is 0. The first-order valence-electron chi connectivity index (χ1n) is 10.7. The zero-order valence-electron chi connectivity index (χ0n) is 17.7. The van der Waals surface area contributed by atoms with Crippen molar-refractivity contribution in [1.29, 1.82) is 0 Å². The first kappa shape index (κ1) is 20.9. The predicted molar refractivity (Wildman–Crippen MR) is 118 cm³/mol. The summed E-state index contributed by atoms with van der Waals surface area (Å²) in [5.74, 6) is -2.98. The number of amides is 4. The number of fused-ring (bicyclic) bond motifs is 5. The molecule has 0 bridgehead atoms. The van der Waals surface area contributed by atoms with Crippen molar-refractivity contribution < 1.29 is 28.7 Å². The fraction of sp³-hybridized carbons (Fsp3) is 0.304. The molecular formula is C23H19ClN4O6. The third-order valence-corrected chi connectivity index (χ3v) is 7.20. The van der Waals surface area contributed by atoms with E-state index in [1.807, 2.05) is 0 Å². The fourth-order valence-electron chi connectivity index (χ4n) is 5.60. The molecular weight excluding hydrogens is 464 g/mol. The van der Waals surface area contributed by atoms with Crippen molar-refractivity contribution in [1.82, 2.24) is 10.2 Å². The highest BCUT2D eigenvalue weighted by atomic mass is 35.5. The molecule has 0 radical (unpaired) electrons. The highest BCUT2D eigenvalue weighted by Gasteiger charge is 2.70. The van der Waals surface area contributed by atoms with Crippen LogP contribution in [0.25, 0.3) is 0 Å². The molecule has 4 heterocycles. The van der Waals surface area contributed by atoms with Gasteiger partial charge in [0.05, 0.1) is 18.4 Å². The largest absolute Gasteiger partial charge is 0.454 e. The number of carbonyl (C=O) groups excluding carboxylic acids is 4. The zero-order chi connectivity index (χ0) is 23.8. The van der Waals surface area contributed by atoms with Gasteiger partial charge in [-0.1, -0.05) is 17.7 Å². The maximum Gasteiger partial charge on any atom is 0.250 e. The molecule has 4 aliphatic heterocycles. The maximum absolute atomic E-state index is 13.7. The van der Waals surface area contributed by atoms with Gasteiger partial charge in [-0.25, -0.2) is 0 Å². The van der Waals surface area contributed by atoms with E-state index in [4.69, 9.17) is 26.8 Å². The maximum atomic E-state index is 13.7. The van der Waals surface area contributed by atoms with Gasteiger partial charge < -0.3 is 20.5 Å². The minimum atomic E-state index is -1.54. The molecule has 4 N–H and O–H groups in total. The highest BCUT2D eigenvalue weighted by Crippen LogP contribution is 2.54. The molecule has 0 unspecified atom stereocenters. The van der Waals surface area contributed by atoms with Gasteiger partial charge in [-0.05, 0) is 35.9 Å². The average Bonchev–Trinajstić information content (AvgIpc) is 3.51. The summed E-state index contributed by atoms with van der Waals surface area (Å²) in [6.45, 7) is 0.0925. The third kappa shape index (κ3) is 2.78. The van der Waals surface area contributed by atoms with E-state index < -0.39 is 47.0 Å². The first-order valence-corrected chi connectivity index (χ1v) is 11.1. The highest BCUT2D eigenvalue weighted by molar-refractivity contribution is 6.31. The molecule has 34 heavy (non-hydrogen) atoms. The van der Waals surface area contributed by atoms with E-state index in [1.165, 1.54) is 0 Å². The van der Waals surface area contributed by atoms with Crippen molar-refractivity contribution in [2.45, 2.75) is 24.5 Å². The molecule has 4 atom stereocenters. The molecule has 11 heteroatoms. The van der Waals surface area contributed by atoms with Crippen LogP contribution in [0.5, 0.6) is 11.5 Å². The number of ether oxygens (including phenoxy) is 2. The Bertz CT molecular complexity index is 1300. The van der Waals surface area contributed by atoms with Gasteiger partial charge in [0.15, 0.2) is 11.5 Å². The number of nitrogens with two attached hydrogens (primary N) is 1. The van der Waals surface area contributed by atoms with Crippen LogP contribution in [-0.2, 0) is 31.3 Å². The second-order valence-corrected chi connectivity index (χ2v) is 9.26. The monoisotopic (exact) mass is 482 g/mol. The van der Waals surface area contributed by atoms with E-state index in [0.717, 1.165) is 4.90 Å². The van der Waals surface area contributed by atoms with Gasteiger partial charge in [-0.15, -0.1) is 0 Å². The number of rotatable bonds is 4. The number of nitrogens with one attached hydrogen (secondary N) is 2. The Kier molecular flexibility index (Phi) is 4.42. The number of hydrogen-bond donors (Lipinski definition) is 3. The van der Waals surface area contributed by atoms with Gasteiger partial charge in [0, 0.05) is 28.7 Å². The number of hydrogen-bond acceptors (Lipinski definition) is 7. The lowest BCUT2D eigenvalue weighted by atomic mass is 9.76. The van der Waals surface area contributed by atoms with Crippen molar-refractivity contribution in [3.05, 3.63) is 52.5 Å². The average molecular weight is 483 g/mol. The molecule has 0 aromatic heterocycles. The van der Waals surface area contributed by atoms with E-state index >= 15 is 0 Å². The second-order valence-electron chi connectivity index (χ2n) is 8.83. The van der Waals surface area contributed by atoms with Crippen LogP contribution in [-0.4, -0.2) is 41.4 Å². The fourth-order valence-corrected chi connectivity index (χ4v) is 5.78. The number of nitrogens with zero attached hydrogens (tertiary/aromatic N) is 1. The Labute approximate surface area is 198 Å². The Morgan fingerprint density at radius 3 is 2.71 bits per heavy atom. The molecule has 174 valence electrons. The van der Waals surface area contributed by atoms with Crippen LogP contribution in [0.2, 0.25) is 5.02 Å². The van der Waals surface area contributed by atoms with E-state index in [1.54, 1.807) is 36.4 Å². The Hall–Kier alpha value is -3.63. The number of carbonyl (C=O) groups is 4. The molecule has 0 saturated carbocycles. The molecule has 2 saturated heterocycles. The topological polar surface area (TPSA) is 140 Å². The summed E-state index contributed by atoms with van der Waals surface area (Å²) >= 11 is 6.22. The standard InChI is InChI=1S/C23H19ClN4O6/c24-11-2-3-13-12(6-11)23(22(32)26-13)19-18(14(27-23)7-17(25)29)20(30)28(21(19)31)8-10-1-4-15-16(5-10)34-9-33-15/h1-6,14,18-19,27H,7-9H2,(H2,25,29)(H,26,32)/t14-,18-,19+,23+/m1/s1. The molecule has 6 rings (SSSR count). The number of imide groups is 1. The van der Waals surface area contributed by atoms with Gasteiger partial charge in [-0.3, -0.25) is 29.4 Å². The summed E-state index contributed by atoms with van der Waals surface area (Å²) in [5.41, 5.74) is 5.54. The van der Waals surface area contributed by atoms with Crippen LogP contribution in [0, 0.1) is 11.8 Å². The quantitative estimate of drug-likeness (QED) is 0.549. The lowest BCUT2D eigenvalue weighted by molar-refractivity contribution is -0.143. The Balaban J connectivity index is 1.42. The number of halogens is 1. The smallest absolute Gasteiger partial charge is 0.250 e. The van der Waals surface area contributed by atoms with Crippen molar-refractivity contribution in [3.63, 3.8) is 0 Å². The minimum absolute atomic E-state index is 0.00923. The molecule has 1 spiro atoms. The van der Waals surface area contributed by atoms with Gasteiger partial charge in [0.2, 0.25) is 30.4 Å². The summed E-state index contributed by atoms with van der Waals surface area (Å²) in [6, 6.07) is 9.25. The molecule has 2 aromatic rings. The number of anilines is 1. The van der Waals surface area contributed by atoms with E-state index in [2.05, 4.69) is 10.6 Å². The normalized spacial score (nSPS) is 28.4. The van der Waals surface area contributed by atoms with Gasteiger partial charge in [0.25, 0.3) is 0 Å². The lowest BCUT2D eigenvalue weighted by Gasteiger charge is -2.29. The Morgan fingerprint density at radius 2 is 1.91 bits per heavy atom. The summed E-state index contributed by atoms with van der Waals surface area (Å²) in [4.78, 5) is 53.6. The summed E-state index contributed by atoms with van der Waals surface area (Å²) in [6.07, 6.45) is -0.205. The van der Waals surface area contributed by atoms with Crippen LogP contribution in [0.4, 0.5) is 5.69 Å². The van der Waals surface area contributed by atoms with Crippen LogP contribution in [0.3, 0.4) is 0 Å². The van der Waals surface area contributed by atoms with Gasteiger partial charge in [-0.2, -0.15) is 0 Å². The van der Waals surface area contributed by atoms with Crippen LogP contribution in [0.15, 0.2) is 36.4 Å². The zero-order valence-corrected chi connectivity index (χ0v) is 18.4. The van der Waals surface area contributed by atoms with Gasteiger partial charge in [0.1, 0.15) is 5.54 Å². The van der Waals surface area contributed by atoms with Crippen LogP contribution >= 0.6 is 11.6 Å². The number of benzene rings is 2. The third-order valence-electron chi connectivity index (χ3n) is 6.97. The number of likely N-dealkylation sites (tertiary alicyclic amines) is 1. The van der Waals surface area contributed by atoms with E-state index in [9.17, 15) is 19.2 Å². The summed E-state index contributed by atoms with van der Waals surface area (Å²) in [5, 5.41) is 6.29. The molecule has 10 nitrogen and oxygen atoms in total. The van der Waals surface area contributed by atoms with Crippen LogP contribution < -0.4 is 25.8 Å². The predicted octanol–water partition coefficient (Wildman–Crippen LogP) is 0.865. The molecule has 2 fully saturated rings. The van der Waals surface area contributed by atoms with Gasteiger partial charge >= 0.3 is 0 Å². The first-order chi connectivity index (χ1) is 16.3. The van der Waals surface area contributed by atoms with Crippen LogP contribution in [0.1, 0.15) is 17.5 Å². The second kappa shape index (κ2) is 7.18. The molecule has 4 aliphatic rings. The van der Waals surface area contributed by atoms with E-state index in [-0.39, 0.29) is 19.8 Å². The van der Waals surface area contributed by atoms with Crippen molar-refractivity contribution in [2.24, 2.45) is 17.6 Å². The van der Waals surface area contributed by atoms with Crippen molar-refractivity contribution in [3.8, 4) is 11.5 Å². The molecule has 2 aromatic carbocycles. The Morgan fingerprint density at radius 1 is 1.12 bits per heavy atom. The molecule has 0 aliphatic carbocycles.